The van der Waals surface area contributed by atoms with Gasteiger partial charge in [-0.25, -0.2) is 0 Å². The number of ether oxygens (including phenoxy) is 4. The summed E-state index contributed by atoms with van der Waals surface area (Å²) in [6.45, 7) is 3.31. The molecule has 44 heavy (non-hydrogen) atoms. The molecule has 2 rings (SSSR count). The van der Waals surface area contributed by atoms with Gasteiger partial charge in [-0.1, -0.05) is 6.92 Å². The lowest BCUT2D eigenvalue weighted by molar-refractivity contribution is -0.292. The molecule has 0 aromatic carbocycles. The summed E-state index contributed by atoms with van der Waals surface area (Å²) in [5.74, 6) is -2.62. The molecule has 4 amide bonds. The molecule has 2 aliphatic heterocycles. The van der Waals surface area contributed by atoms with E-state index >= 15 is 0 Å². The van der Waals surface area contributed by atoms with E-state index < -0.39 is 84.9 Å². The Kier molecular flexibility index (Phi) is 15.8. The summed E-state index contributed by atoms with van der Waals surface area (Å²) in [4.78, 5) is 50.2. The number of aliphatic hydroxyl groups excluding tert-OH is 5. The lowest BCUT2D eigenvalue weighted by atomic mass is 9.93. The highest BCUT2D eigenvalue weighted by Gasteiger charge is 2.42. The standard InChI is InChI=1S/C26H47N5O13/c1-13-20(36)21(37)14(2)43-25(13)41-7-5-28-17(33)10-31(12-19(35)30-9-16(32)27-4)11-18(34)29-6-8-42-26-24(40)23(39)22(38)15(3)44-26/h13-15,20-26,36-40H,5-12H2,1-4H3,(H,27,32)(H,28,33)(H,29,34)(H,30,35)/t13-,14-,15-,20-,21+,22+,23+,24-,25+,26+/m0/s1. The molecule has 0 spiro atoms. The van der Waals surface area contributed by atoms with Crippen LogP contribution in [0.4, 0.5) is 0 Å². The van der Waals surface area contributed by atoms with Gasteiger partial charge >= 0.3 is 0 Å². The van der Waals surface area contributed by atoms with E-state index in [2.05, 4.69) is 21.3 Å². The Hall–Kier alpha value is -2.52. The Labute approximate surface area is 255 Å². The number of nitrogens with one attached hydrogen (secondary N) is 4. The van der Waals surface area contributed by atoms with Crippen molar-refractivity contribution < 1.29 is 63.7 Å². The Morgan fingerprint density at radius 3 is 1.61 bits per heavy atom. The van der Waals surface area contributed by atoms with Crippen molar-refractivity contribution >= 4 is 23.6 Å². The number of amides is 4. The van der Waals surface area contributed by atoms with Crippen LogP contribution >= 0.6 is 0 Å². The summed E-state index contributed by atoms with van der Waals surface area (Å²) in [7, 11) is 1.41. The van der Waals surface area contributed by atoms with Crippen molar-refractivity contribution in [1.29, 1.82) is 0 Å². The molecule has 2 heterocycles. The van der Waals surface area contributed by atoms with E-state index in [0.29, 0.717) is 0 Å². The molecule has 0 aliphatic carbocycles. The number of carbonyl (C=O) groups excluding carboxylic acids is 4. The van der Waals surface area contributed by atoms with Crippen molar-refractivity contribution in [2.24, 2.45) is 5.92 Å². The molecule has 0 radical (unpaired) electrons. The molecule has 10 atom stereocenters. The van der Waals surface area contributed by atoms with Crippen LogP contribution in [0.15, 0.2) is 0 Å². The highest BCUT2D eigenvalue weighted by atomic mass is 16.7. The Morgan fingerprint density at radius 2 is 1.09 bits per heavy atom. The summed E-state index contributed by atoms with van der Waals surface area (Å²) < 4.78 is 21.9. The highest BCUT2D eigenvalue weighted by molar-refractivity contribution is 5.87. The maximum atomic E-state index is 12.6. The molecule has 0 aromatic rings. The van der Waals surface area contributed by atoms with Gasteiger partial charge in [0.15, 0.2) is 12.6 Å². The van der Waals surface area contributed by atoms with Gasteiger partial charge in [-0.3, -0.25) is 24.1 Å². The molecular formula is C26H47N5O13. The zero-order chi connectivity index (χ0) is 33.0. The van der Waals surface area contributed by atoms with Crippen LogP contribution in [0.1, 0.15) is 20.8 Å². The summed E-state index contributed by atoms with van der Waals surface area (Å²) >= 11 is 0. The number of likely N-dealkylation sites (N-methyl/N-ethyl adjacent to an activating group) is 1. The number of aliphatic hydroxyl groups is 5. The summed E-state index contributed by atoms with van der Waals surface area (Å²) in [6.07, 6.45) is -9.75. The van der Waals surface area contributed by atoms with Gasteiger partial charge in [-0.15, -0.1) is 0 Å². The number of hydrogen-bond donors (Lipinski definition) is 9. The first kappa shape index (κ1) is 37.7. The zero-order valence-corrected chi connectivity index (χ0v) is 25.4. The average molecular weight is 638 g/mol. The van der Waals surface area contributed by atoms with Crippen molar-refractivity contribution in [3.63, 3.8) is 0 Å². The van der Waals surface area contributed by atoms with Gasteiger partial charge in [-0.2, -0.15) is 0 Å². The molecule has 2 fully saturated rings. The first-order valence-electron chi connectivity index (χ1n) is 14.4. The van der Waals surface area contributed by atoms with Crippen molar-refractivity contribution in [3.8, 4) is 0 Å². The molecule has 254 valence electrons. The van der Waals surface area contributed by atoms with Gasteiger partial charge in [-0.05, 0) is 13.8 Å². The zero-order valence-electron chi connectivity index (χ0n) is 25.4. The first-order valence-corrected chi connectivity index (χ1v) is 14.4. The number of hydrogen-bond acceptors (Lipinski definition) is 14. The van der Waals surface area contributed by atoms with E-state index in [4.69, 9.17) is 18.9 Å². The number of rotatable bonds is 16. The SMILES string of the molecule is CNC(=O)CNC(=O)CN(CC(=O)NCCO[C@@H]1O[C@@H](C)[C@@H](O)[C@@H](O)[C@@H]1C)CC(=O)NCCO[C@@H]1O[C@@H](C)[C@@H](O)[C@@H](O)[C@@H]1O. The fourth-order valence-corrected chi connectivity index (χ4v) is 4.45. The monoisotopic (exact) mass is 637 g/mol. The van der Waals surface area contributed by atoms with E-state index in [1.54, 1.807) is 13.8 Å². The number of nitrogens with zero attached hydrogens (tertiary/aromatic N) is 1. The van der Waals surface area contributed by atoms with Gasteiger partial charge in [0.1, 0.15) is 24.4 Å². The largest absolute Gasteiger partial charge is 0.390 e. The fraction of sp³-hybridized carbons (Fsp3) is 0.846. The second-order valence-electron chi connectivity index (χ2n) is 10.8. The van der Waals surface area contributed by atoms with Crippen LogP contribution in [0.5, 0.6) is 0 Å². The molecule has 0 saturated carbocycles. The van der Waals surface area contributed by atoms with Gasteiger partial charge in [0, 0.05) is 26.1 Å². The summed E-state index contributed by atoms with van der Waals surface area (Å²) in [6, 6.07) is 0. The second-order valence-corrected chi connectivity index (χ2v) is 10.8. The maximum Gasteiger partial charge on any atom is 0.239 e. The van der Waals surface area contributed by atoms with Crippen molar-refractivity contribution in [3.05, 3.63) is 0 Å². The Balaban J connectivity index is 1.81. The predicted octanol–water partition coefficient (Wildman–Crippen LogP) is -5.65. The minimum absolute atomic E-state index is 0.0254. The van der Waals surface area contributed by atoms with E-state index in [1.807, 2.05) is 0 Å². The van der Waals surface area contributed by atoms with Crippen LogP contribution in [-0.4, -0.2) is 169 Å². The third kappa shape index (κ3) is 11.8. The van der Waals surface area contributed by atoms with E-state index in [9.17, 15) is 44.7 Å². The quantitative estimate of drug-likeness (QED) is 0.0715. The molecule has 0 aromatic heterocycles. The molecule has 18 heteroatoms. The first-order chi connectivity index (χ1) is 20.7. The van der Waals surface area contributed by atoms with Crippen molar-refractivity contribution in [1.82, 2.24) is 26.2 Å². The third-order valence-electron chi connectivity index (χ3n) is 7.20. The average Bonchev–Trinajstić information content (AvgIpc) is 2.98. The second kappa shape index (κ2) is 18.4. The molecule has 0 unspecified atom stereocenters. The molecule has 2 saturated heterocycles. The molecule has 2 aliphatic rings. The topological polar surface area (TPSA) is 258 Å². The van der Waals surface area contributed by atoms with Gasteiger partial charge < -0.3 is 65.7 Å². The van der Waals surface area contributed by atoms with Crippen LogP contribution in [0.2, 0.25) is 0 Å². The van der Waals surface area contributed by atoms with E-state index in [-0.39, 0.29) is 52.5 Å². The molecule has 9 N–H and O–H groups in total. The molecule has 18 nitrogen and oxygen atoms in total. The van der Waals surface area contributed by atoms with Gasteiger partial charge in [0.05, 0.1) is 57.7 Å². The van der Waals surface area contributed by atoms with Gasteiger partial charge in [0.2, 0.25) is 23.6 Å². The van der Waals surface area contributed by atoms with Crippen LogP contribution in [0.3, 0.4) is 0 Å². The molecular weight excluding hydrogens is 590 g/mol. The van der Waals surface area contributed by atoms with Crippen LogP contribution in [0, 0.1) is 5.92 Å². The van der Waals surface area contributed by atoms with Gasteiger partial charge in [0.25, 0.3) is 0 Å². The highest BCUT2D eigenvalue weighted by Crippen LogP contribution is 2.26. The third-order valence-corrected chi connectivity index (χ3v) is 7.20. The maximum absolute atomic E-state index is 12.6. The number of carbonyl (C=O) groups is 4. The Morgan fingerprint density at radius 1 is 0.636 bits per heavy atom. The summed E-state index contributed by atoms with van der Waals surface area (Å²) in [5.41, 5.74) is 0. The fourth-order valence-electron chi connectivity index (χ4n) is 4.45. The molecule has 0 bridgehead atoms. The van der Waals surface area contributed by atoms with Crippen LogP contribution in [-0.2, 0) is 38.1 Å². The lowest BCUT2D eigenvalue weighted by Crippen LogP contribution is -2.57. The van der Waals surface area contributed by atoms with Crippen molar-refractivity contribution in [2.75, 3.05) is 59.5 Å². The van der Waals surface area contributed by atoms with Crippen molar-refractivity contribution in [2.45, 2.75) is 76.1 Å². The van der Waals surface area contributed by atoms with Crippen LogP contribution < -0.4 is 21.3 Å². The van der Waals surface area contributed by atoms with E-state index in [0.717, 1.165) is 0 Å². The Bertz CT molecular complexity index is 890. The minimum atomic E-state index is -1.49. The van der Waals surface area contributed by atoms with E-state index in [1.165, 1.54) is 18.9 Å². The minimum Gasteiger partial charge on any atom is -0.390 e. The normalized spacial score (nSPS) is 32.1. The smallest absolute Gasteiger partial charge is 0.239 e. The van der Waals surface area contributed by atoms with Crippen LogP contribution in [0.25, 0.3) is 0 Å². The summed E-state index contributed by atoms with van der Waals surface area (Å²) in [5, 5.41) is 59.6. The lowest BCUT2D eigenvalue weighted by Gasteiger charge is -2.40. The predicted molar refractivity (Wildman–Crippen MR) is 149 cm³/mol.